The molecule has 1 N–H and O–H groups in total. The van der Waals surface area contributed by atoms with Crippen molar-refractivity contribution in [2.45, 2.75) is 17.2 Å². The number of sulfone groups is 1. The highest BCUT2D eigenvalue weighted by Crippen LogP contribution is 2.30. The second kappa shape index (κ2) is 6.46. The molecule has 0 fully saturated rings. The number of nitrogens with one attached hydrogen (secondary N) is 1. The molecule has 2 aromatic carbocycles. The van der Waals surface area contributed by atoms with Crippen LogP contribution in [0.25, 0.3) is 0 Å². The molecule has 0 bridgehead atoms. The van der Waals surface area contributed by atoms with Crippen LogP contribution in [0.3, 0.4) is 0 Å². The fourth-order valence-electron chi connectivity index (χ4n) is 2.00. The average molecular weight is 342 g/mol. The van der Waals surface area contributed by atoms with Gasteiger partial charge in [0.25, 0.3) is 0 Å². The smallest absolute Gasteiger partial charge is 0.208 e. The Bertz CT molecular complexity index is 791. The molecule has 0 radical (unpaired) electrons. The number of hydrogen-bond acceptors (Lipinski definition) is 3. The van der Waals surface area contributed by atoms with Crippen molar-refractivity contribution in [1.82, 2.24) is 5.32 Å². The fourth-order valence-corrected chi connectivity index (χ4v) is 3.72. The molecule has 0 aliphatic carbocycles. The Morgan fingerprint density at radius 3 is 2.41 bits per heavy atom. The first-order valence-electron chi connectivity index (χ1n) is 6.32. The van der Waals surface area contributed by atoms with Gasteiger partial charge >= 0.3 is 0 Å². The lowest BCUT2D eigenvalue weighted by Crippen LogP contribution is -2.28. The van der Waals surface area contributed by atoms with Crippen LogP contribution in [0.15, 0.2) is 47.4 Å². The van der Waals surface area contributed by atoms with Crippen molar-refractivity contribution in [2.75, 3.05) is 0 Å². The fraction of sp³-hybridized carbons (Fsp3) is 0.133. The molecule has 7 heteroatoms. The summed E-state index contributed by atoms with van der Waals surface area (Å²) in [5.74, 6) is -0.876. The Kier molecular flexibility index (Phi) is 4.83. The zero-order valence-corrected chi connectivity index (χ0v) is 13.2. The van der Waals surface area contributed by atoms with Crippen molar-refractivity contribution in [3.05, 3.63) is 64.4 Å². The molecule has 2 aromatic rings. The maximum Gasteiger partial charge on any atom is 0.208 e. The second-order valence-corrected chi connectivity index (χ2v) is 7.11. The molecule has 4 nitrogen and oxygen atoms in total. The predicted octanol–water partition coefficient (Wildman–Crippen LogP) is 3.01. The van der Waals surface area contributed by atoms with E-state index in [2.05, 4.69) is 5.32 Å². The largest absolute Gasteiger partial charge is 0.338 e. The Morgan fingerprint density at radius 1 is 1.18 bits per heavy atom. The highest BCUT2D eigenvalue weighted by atomic mass is 35.5. The number of rotatable bonds is 5. The highest BCUT2D eigenvalue weighted by Gasteiger charge is 2.31. The number of halogens is 2. The monoisotopic (exact) mass is 341 g/mol. The summed E-state index contributed by atoms with van der Waals surface area (Å²) < 4.78 is 39.5. The highest BCUT2D eigenvalue weighted by molar-refractivity contribution is 7.91. The van der Waals surface area contributed by atoms with E-state index in [-0.39, 0.29) is 21.9 Å². The molecule has 1 amide bonds. The molecular weight excluding hydrogens is 329 g/mol. The minimum atomic E-state index is -4.01. The third kappa shape index (κ3) is 3.13. The summed E-state index contributed by atoms with van der Waals surface area (Å²) >= 11 is 5.69. The molecular formula is C15H13ClFNO3S. The van der Waals surface area contributed by atoms with Gasteiger partial charge in [0.2, 0.25) is 16.2 Å². The van der Waals surface area contributed by atoms with Gasteiger partial charge in [0.05, 0.1) is 9.92 Å². The van der Waals surface area contributed by atoms with Crippen LogP contribution < -0.4 is 5.32 Å². The van der Waals surface area contributed by atoms with E-state index in [9.17, 15) is 17.6 Å². The number of carbonyl (C=O) groups is 1. The number of aryl methyl sites for hydroxylation is 1. The summed E-state index contributed by atoms with van der Waals surface area (Å²) in [6.45, 7) is 1.81. The minimum absolute atomic E-state index is 0.0168. The molecule has 0 heterocycles. The molecule has 22 heavy (non-hydrogen) atoms. The Hall–Kier alpha value is -1.92. The molecule has 1 atom stereocenters. The first-order chi connectivity index (χ1) is 10.4. The third-order valence-electron chi connectivity index (χ3n) is 3.14. The van der Waals surface area contributed by atoms with E-state index in [1.807, 2.05) is 6.92 Å². The second-order valence-electron chi connectivity index (χ2n) is 4.67. The van der Waals surface area contributed by atoms with E-state index in [1.54, 1.807) is 12.1 Å². The quantitative estimate of drug-likeness (QED) is 0.850. The zero-order chi connectivity index (χ0) is 16.3. The normalized spacial score (nSPS) is 12.7. The van der Waals surface area contributed by atoms with Gasteiger partial charge in [-0.1, -0.05) is 41.4 Å². The lowest BCUT2D eigenvalue weighted by atomic mass is 10.2. The summed E-state index contributed by atoms with van der Waals surface area (Å²) in [6, 6.07) is 10.1. The minimum Gasteiger partial charge on any atom is -0.338 e. The van der Waals surface area contributed by atoms with E-state index in [1.165, 1.54) is 30.3 Å². The van der Waals surface area contributed by atoms with E-state index in [0.717, 1.165) is 5.56 Å². The number of carbonyl (C=O) groups excluding carboxylic acids is 1. The van der Waals surface area contributed by atoms with Gasteiger partial charge in [-0.2, -0.15) is 0 Å². The number of hydrogen-bond donors (Lipinski definition) is 1. The van der Waals surface area contributed by atoms with Crippen molar-refractivity contribution in [3.63, 3.8) is 0 Å². The van der Waals surface area contributed by atoms with Crippen molar-refractivity contribution in [1.29, 1.82) is 0 Å². The Morgan fingerprint density at radius 2 is 1.82 bits per heavy atom. The summed E-state index contributed by atoms with van der Waals surface area (Å²) in [4.78, 5) is 10.8. The van der Waals surface area contributed by atoms with Gasteiger partial charge in [-0.15, -0.1) is 0 Å². The summed E-state index contributed by atoms with van der Waals surface area (Å²) in [6.07, 6.45) is 0.219. The van der Waals surface area contributed by atoms with Crippen molar-refractivity contribution >= 4 is 27.8 Å². The van der Waals surface area contributed by atoms with E-state index in [0.29, 0.717) is 0 Å². The standard InChI is InChI=1S/C15H13ClFNO3S/c1-10-5-7-11(8-6-10)22(20,21)15(18-9-19)12-3-2-4-13(16)14(12)17/h2-9,15H,1H3,(H,18,19)/t15-/m0/s1. The lowest BCUT2D eigenvalue weighted by molar-refractivity contribution is -0.109. The van der Waals surface area contributed by atoms with Crippen molar-refractivity contribution < 1.29 is 17.6 Å². The van der Waals surface area contributed by atoms with Crippen LogP contribution in [0, 0.1) is 12.7 Å². The van der Waals surface area contributed by atoms with Crippen molar-refractivity contribution in [2.24, 2.45) is 0 Å². The molecule has 0 spiro atoms. The van der Waals surface area contributed by atoms with Crippen LogP contribution in [-0.2, 0) is 14.6 Å². The maximum atomic E-state index is 14.1. The van der Waals surface area contributed by atoms with Crippen LogP contribution in [0.1, 0.15) is 16.5 Å². The molecule has 0 saturated carbocycles. The van der Waals surface area contributed by atoms with Gasteiger partial charge in [-0.25, -0.2) is 12.8 Å². The maximum absolute atomic E-state index is 14.1. The molecule has 2 rings (SSSR count). The van der Waals surface area contributed by atoms with Crippen molar-refractivity contribution in [3.8, 4) is 0 Å². The molecule has 0 unspecified atom stereocenters. The average Bonchev–Trinajstić information content (AvgIpc) is 2.48. The molecule has 0 aliphatic heterocycles. The van der Waals surface area contributed by atoms with Crippen LogP contribution in [-0.4, -0.2) is 14.8 Å². The van der Waals surface area contributed by atoms with Crippen LogP contribution in [0.5, 0.6) is 0 Å². The van der Waals surface area contributed by atoms with Gasteiger partial charge in [0.15, 0.2) is 5.37 Å². The first kappa shape index (κ1) is 16.5. The SMILES string of the molecule is Cc1ccc(S(=O)(=O)[C@H](NC=O)c2cccc(Cl)c2F)cc1. The third-order valence-corrected chi connectivity index (χ3v) is 5.37. The van der Waals surface area contributed by atoms with E-state index in [4.69, 9.17) is 11.6 Å². The molecule has 0 saturated heterocycles. The van der Waals surface area contributed by atoms with Crippen LogP contribution in [0.2, 0.25) is 5.02 Å². The van der Waals surface area contributed by atoms with Gasteiger partial charge in [0.1, 0.15) is 5.82 Å². The van der Waals surface area contributed by atoms with Crippen LogP contribution >= 0.6 is 11.6 Å². The van der Waals surface area contributed by atoms with Gasteiger partial charge in [-0.05, 0) is 25.1 Å². The predicted molar refractivity (Wildman–Crippen MR) is 81.7 cm³/mol. The van der Waals surface area contributed by atoms with Gasteiger partial charge < -0.3 is 5.32 Å². The zero-order valence-electron chi connectivity index (χ0n) is 11.6. The van der Waals surface area contributed by atoms with Crippen LogP contribution in [0.4, 0.5) is 4.39 Å². The summed E-state index contributed by atoms with van der Waals surface area (Å²) in [5.41, 5.74) is 0.674. The molecule has 0 aliphatic rings. The first-order valence-corrected chi connectivity index (χ1v) is 8.24. The summed E-state index contributed by atoms with van der Waals surface area (Å²) in [5, 5.41) is 0.390. The van der Waals surface area contributed by atoms with Gasteiger partial charge in [0, 0.05) is 5.56 Å². The Balaban J connectivity index is 2.58. The van der Waals surface area contributed by atoms with E-state index >= 15 is 0 Å². The topological polar surface area (TPSA) is 63.2 Å². The lowest BCUT2D eigenvalue weighted by Gasteiger charge is -2.18. The number of benzene rings is 2. The molecule has 0 aromatic heterocycles. The molecule has 116 valence electrons. The van der Waals surface area contributed by atoms with E-state index < -0.39 is 21.0 Å². The Labute approximate surface area is 132 Å². The summed E-state index contributed by atoms with van der Waals surface area (Å²) in [7, 11) is -4.01. The number of amides is 1. The van der Waals surface area contributed by atoms with Gasteiger partial charge in [-0.3, -0.25) is 4.79 Å².